The Morgan fingerprint density at radius 1 is 1.00 bits per heavy atom. The Morgan fingerprint density at radius 3 is 2.25 bits per heavy atom. The molecule has 0 heterocycles. The topological polar surface area (TPSA) is 26.3 Å². The number of carbonyl (C=O) groups excluding carboxylic acids is 1. The van der Waals surface area contributed by atoms with Gasteiger partial charge >= 0.3 is 5.97 Å². The number of hydrogen-bond acceptors (Lipinski definition) is 2. The normalized spacial score (nSPS) is 10.4. The molecule has 0 saturated carbocycles. The first kappa shape index (κ1) is 15.5. The van der Waals surface area contributed by atoms with Crippen molar-refractivity contribution in [3.8, 4) is 0 Å². The molecule has 0 unspecified atom stereocenters. The fourth-order valence-electron chi connectivity index (χ4n) is 1.59. The number of unbranched alkanes of at least 4 members (excludes halogenated alkanes) is 7. The van der Waals surface area contributed by atoms with E-state index in [9.17, 15) is 4.79 Å². The molecule has 0 amide bonds. The van der Waals surface area contributed by atoms with E-state index < -0.39 is 0 Å². The highest BCUT2D eigenvalue weighted by molar-refractivity contribution is 5.69. The van der Waals surface area contributed by atoms with Crippen LogP contribution in [0.15, 0.2) is 0 Å². The minimum atomic E-state index is -0.0605. The summed E-state index contributed by atoms with van der Waals surface area (Å²) in [4.78, 5) is 11.1. The zero-order valence-electron chi connectivity index (χ0n) is 10.8. The zero-order chi connectivity index (χ0) is 12.1. The maximum Gasteiger partial charge on any atom is 0.305 e. The van der Waals surface area contributed by atoms with E-state index in [1.807, 2.05) is 0 Å². The molecule has 0 bridgehead atoms. The highest BCUT2D eigenvalue weighted by atomic mass is 16.5. The van der Waals surface area contributed by atoms with Crippen LogP contribution in [-0.4, -0.2) is 12.6 Å². The maximum atomic E-state index is 11.1. The lowest BCUT2D eigenvalue weighted by molar-refractivity contribution is -0.143. The molecule has 0 aliphatic rings. The second-order valence-corrected chi connectivity index (χ2v) is 4.30. The number of rotatable bonds is 11. The molecule has 0 aliphatic heterocycles. The van der Waals surface area contributed by atoms with Crippen LogP contribution >= 0.6 is 0 Å². The van der Waals surface area contributed by atoms with Crippen LogP contribution in [0.2, 0.25) is 0 Å². The lowest BCUT2D eigenvalue weighted by Gasteiger charge is -2.04. The van der Waals surface area contributed by atoms with Gasteiger partial charge in [-0.1, -0.05) is 58.8 Å². The molecule has 0 spiro atoms. The van der Waals surface area contributed by atoms with E-state index in [1.165, 1.54) is 38.5 Å². The number of ether oxygens (including phenoxy) is 1. The third-order valence-electron chi connectivity index (χ3n) is 2.64. The molecule has 0 fully saturated rings. The first-order valence-electron chi connectivity index (χ1n) is 6.76. The van der Waals surface area contributed by atoms with Gasteiger partial charge in [0, 0.05) is 6.42 Å². The molecule has 0 saturated heterocycles. The quantitative estimate of drug-likeness (QED) is 0.389. The Balaban J connectivity index is 3.05. The Morgan fingerprint density at radius 2 is 1.62 bits per heavy atom. The molecular formula is C14H27O2. The predicted molar refractivity (Wildman–Crippen MR) is 68.2 cm³/mol. The molecule has 0 aromatic carbocycles. The van der Waals surface area contributed by atoms with Gasteiger partial charge in [-0.05, 0) is 12.8 Å². The van der Waals surface area contributed by atoms with Crippen molar-refractivity contribution in [3.05, 3.63) is 6.92 Å². The third-order valence-corrected chi connectivity index (χ3v) is 2.64. The van der Waals surface area contributed by atoms with Gasteiger partial charge in [0.2, 0.25) is 0 Å². The van der Waals surface area contributed by atoms with Crippen molar-refractivity contribution in [1.82, 2.24) is 0 Å². The van der Waals surface area contributed by atoms with Crippen LogP contribution in [0.3, 0.4) is 0 Å². The molecule has 0 atom stereocenters. The van der Waals surface area contributed by atoms with Crippen molar-refractivity contribution in [2.75, 3.05) is 6.61 Å². The molecule has 2 nitrogen and oxygen atoms in total. The van der Waals surface area contributed by atoms with Crippen LogP contribution in [0.1, 0.15) is 71.1 Å². The molecule has 0 N–H and O–H groups in total. The van der Waals surface area contributed by atoms with Crippen molar-refractivity contribution in [2.24, 2.45) is 0 Å². The molecule has 1 radical (unpaired) electrons. The van der Waals surface area contributed by atoms with Gasteiger partial charge in [-0.25, -0.2) is 0 Å². The van der Waals surface area contributed by atoms with E-state index in [0.717, 1.165) is 19.3 Å². The second-order valence-electron chi connectivity index (χ2n) is 4.30. The van der Waals surface area contributed by atoms with Crippen molar-refractivity contribution in [1.29, 1.82) is 0 Å². The summed E-state index contributed by atoms with van der Waals surface area (Å²) >= 11 is 0. The average Bonchev–Trinajstić information content (AvgIpc) is 2.30. The summed E-state index contributed by atoms with van der Waals surface area (Å²) < 4.78 is 5.11. The maximum absolute atomic E-state index is 11.1. The first-order valence-corrected chi connectivity index (χ1v) is 6.76. The predicted octanol–water partition coefficient (Wildman–Crippen LogP) is 4.28. The fraction of sp³-hybridized carbons (Fsp3) is 0.857. The van der Waals surface area contributed by atoms with Gasteiger partial charge in [0.15, 0.2) is 0 Å². The summed E-state index contributed by atoms with van der Waals surface area (Å²) in [5, 5.41) is 0. The smallest absolute Gasteiger partial charge is 0.305 e. The van der Waals surface area contributed by atoms with E-state index in [-0.39, 0.29) is 5.97 Å². The van der Waals surface area contributed by atoms with E-state index in [2.05, 4.69) is 13.8 Å². The molecule has 0 aromatic rings. The summed E-state index contributed by atoms with van der Waals surface area (Å²) in [7, 11) is 0. The monoisotopic (exact) mass is 227 g/mol. The molecule has 95 valence electrons. The van der Waals surface area contributed by atoms with Crippen LogP contribution in [0.5, 0.6) is 0 Å². The van der Waals surface area contributed by atoms with Gasteiger partial charge in [0.25, 0.3) is 0 Å². The minimum Gasteiger partial charge on any atom is -0.466 e. The summed E-state index contributed by atoms with van der Waals surface area (Å²) in [6, 6.07) is 0. The van der Waals surface area contributed by atoms with Crippen LogP contribution in [0.4, 0.5) is 0 Å². The van der Waals surface area contributed by atoms with E-state index >= 15 is 0 Å². The Bertz CT molecular complexity index is 155. The van der Waals surface area contributed by atoms with Crippen molar-refractivity contribution < 1.29 is 9.53 Å². The Hall–Kier alpha value is -0.530. The Kier molecular flexibility index (Phi) is 12.1. The lowest BCUT2D eigenvalue weighted by Crippen LogP contribution is -2.05. The number of esters is 1. The third kappa shape index (κ3) is 11.5. The summed E-state index contributed by atoms with van der Waals surface area (Å²) in [5.74, 6) is -0.0605. The number of carbonyl (C=O) groups is 1. The first-order chi connectivity index (χ1) is 7.81. The van der Waals surface area contributed by atoms with Crippen LogP contribution in [0, 0.1) is 6.92 Å². The van der Waals surface area contributed by atoms with Gasteiger partial charge in [-0.2, -0.15) is 0 Å². The summed E-state index contributed by atoms with van der Waals surface area (Å²) in [6.45, 7) is 6.52. The lowest BCUT2D eigenvalue weighted by atomic mass is 10.1. The second kappa shape index (κ2) is 12.5. The fourth-order valence-corrected chi connectivity index (χ4v) is 1.59. The van der Waals surface area contributed by atoms with Gasteiger partial charge < -0.3 is 4.74 Å². The molecule has 0 aliphatic carbocycles. The van der Waals surface area contributed by atoms with E-state index in [0.29, 0.717) is 13.0 Å². The molecule has 0 rings (SSSR count). The van der Waals surface area contributed by atoms with Crippen molar-refractivity contribution in [3.63, 3.8) is 0 Å². The van der Waals surface area contributed by atoms with Gasteiger partial charge in [0.05, 0.1) is 6.61 Å². The Labute approximate surface area is 101 Å². The summed E-state index contributed by atoms with van der Waals surface area (Å²) in [5.41, 5.74) is 0. The van der Waals surface area contributed by atoms with Crippen molar-refractivity contribution >= 4 is 5.97 Å². The standard InChI is InChI=1S/C14H27O2/c1-3-5-7-8-9-10-11-13-16-14(15)12-6-4-2/h2-13H2,1H3. The van der Waals surface area contributed by atoms with E-state index in [4.69, 9.17) is 4.74 Å². The van der Waals surface area contributed by atoms with Crippen LogP contribution in [0.25, 0.3) is 0 Å². The summed E-state index contributed by atoms with van der Waals surface area (Å²) in [6.07, 6.45) is 11.0. The average molecular weight is 227 g/mol. The minimum absolute atomic E-state index is 0.0605. The highest BCUT2D eigenvalue weighted by Gasteiger charge is 2.00. The highest BCUT2D eigenvalue weighted by Crippen LogP contribution is 2.07. The van der Waals surface area contributed by atoms with Gasteiger partial charge in [0.1, 0.15) is 0 Å². The van der Waals surface area contributed by atoms with Crippen LogP contribution < -0.4 is 0 Å². The number of hydrogen-bond donors (Lipinski definition) is 0. The molecule has 16 heavy (non-hydrogen) atoms. The van der Waals surface area contributed by atoms with Crippen LogP contribution in [-0.2, 0) is 9.53 Å². The molecule has 2 heteroatoms. The zero-order valence-corrected chi connectivity index (χ0v) is 10.8. The van der Waals surface area contributed by atoms with Gasteiger partial charge in [-0.3, -0.25) is 4.79 Å². The largest absolute Gasteiger partial charge is 0.466 e. The van der Waals surface area contributed by atoms with Crippen molar-refractivity contribution in [2.45, 2.75) is 71.1 Å². The molecular weight excluding hydrogens is 200 g/mol. The van der Waals surface area contributed by atoms with E-state index in [1.54, 1.807) is 0 Å². The SMILES string of the molecule is [CH2]CCCC(=O)OCCCCCCCCC. The molecule has 0 aromatic heterocycles. The van der Waals surface area contributed by atoms with Gasteiger partial charge in [-0.15, -0.1) is 0 Å².